The van der Waals surface area contributed by atoms with E-state index < -0.39 is 40.5 Å². The van der Waals surface area contributed by atoms with Crippen molar-refractivity contribution in [3.63, 3.8) is 0 Å². The van der Waals surface area contributed by atoms with Gasteiger partial charge in [-0.2, -0.15) is 0 Å². The molecule has 0 aliphatic rings. The number of aliphatic carboxylic acids is 2. The fourth-order valence-corrected chi connectivity index (χ4v) is 0.891. The van der Waals surface area contributed by atoms with Crippen molar-refractivity contribution in [3.05, 3.63) is 11.5 Å². The first-order valence-electron chi connectivity index (χ1n) is 5.88. The SMILES string of the molecule is [Cl][Pt+2][Cl].[NH-]C(CCCN)C(=O)O.[NH-]C(CCCN)C(=O)O. The summed E-state index contributed by atoms with van der Waals surface area (Å²) in [6.45, 7) is 0.922. The Morgan fingerprint density at radius 3 is 1.33 bits per heavy atom. The Hall–Kier alpha value is 0.0483. The summed E-state index contributed by atoms with van der Waals surface area (Å²) in [5.74, 6) is -2.13. The monoisotopic (exact) mass is 527 g/mol. The first-order valence-corrected chi connectivity index (χ1v) is 11.5. The molecule has 0 aromatic rings. The summed E-state index contributed by atoms with van der Waals surface area (Å²) in [4.78, 5) is 20.0. The standard InChI is InChI=1S/2C5H11N2O2.2ClH.Pt/c2*6-3-1-2-4(7)5(8)9;;;/h2*4,7H,1-3,6H2,(H,8,9);2*1H;/q2*-1;;;+4/p-2. The van der Waals surface area contributed by atoms with E-state index in [0.29, 0.717) is 38.8 Å². The Morgan fingerprint density at radius 1 is 0.952 bits per heavy atom. The maximum absolute atomic E-state index is 9.98. The van der Waals surface area contributed by atoms with Crippen molar-refractivity contribution < 1.29 is 36.3 Å². The van der Waals surface area contributed by atoms with Gasteiger partial charge in [0.15, 0.2) is 0 Å². The minimum Gasteiger partial charge on any atom is -0.665 e. The Balaban J connectivity index is -0.000000260. The Bertz CT molecular complexity index is 241. The van der Waals surface area contributed by atoms with E-state index in [0.717, 1.165) is 0 Å². The summed E-state index contributed by atoms with van der Waals surface area (Å²) >= 11 is -0.472. The van der Waals surface area contributed by atoms with Crippen LogP contribution in [0.1, 0.15) is 25.7 Å². The van der Waals surface area contributed by atoms with Gasteiger partial charge in [-0.25, -0.2) is 0 Å². The molecular weight excluding hydrogens is 506 g/mol. The number of nitrogens with two attached hydrogens (primary N) is 2. The number of halogens is 2. The molecule has 0 fully saturated rings. The molecule has 8 nitrogen and oxygen atoms in total. The molecule has 0 radical (unpaired) electrons. The summed E-state index contributed by atoms with van der Waals surface area (Å²) in [6, 6.07) is -1.98. The zero-order valence-corrected chi connectivity index (χ0v) is 15.1. The molecule has 2 unspecified atom stereocenters. The third-order valence-electron chi connectivity index (χ3n) is 1.99. The van der Waals surface area contributed by atoms with Gasteiger partial charge in [-0.1, -0.05) is 12.8 Å². The maximum atomic E-state index is 9.98. The van der Waals surface area contributed by atoms with Crippen LogP contribution in [0, 0.1) is 0 Å². The van der Waals surface area contributed by atoms with Gasteiger partial charge >= 0.3 is 35.3 Å². The minimum absolute atomic E-state index is 0.353. The van der Waals surface area contributed by atoms with Gasteiger partial charge < -0.3 is 33.1 Å². The number of carboxylic acid groups (broad SMARTS) is 2. The van der Waals surface area contributed by atoms with E-state index in [1.165, 1.54) is 0 Å². The third-order valence-corrected chi connectivity index (χ3v) is 1.99. The van der Waals surface area contributed by atoms with Crippen molar-refractivity contribution in [2.24, 2.45) is 11.5 Å². The van der Waals surface area contributed by atoms with Gasteiger partial charge in [-0.15, -0.1) is 0 Å². The fourth-order valence-electron chi connectivity index (χ4n) is 0.891. The quantitative estimate of drug-likeness (QED) is 0.374. The van der Waals surface area contributed by atoms with E-state index in [2.05, 4.69) is 0 Å². The number of rotatable bonds is 8. The molecule has 0 aromatic heterocycles. The molecule has 0 spiro atoms. The van der Waals surface area contributed by atoms with Gasteiger partial charge in [0, 0.05) is 0 Å². The summed E-state index contributed by atoms with van der Waals surface area (Å²) in [6.07, 6.45) is 1.93. The molecule has 0 rings (SSSR count). The second-order valence-electron chi connectivity index (χ2n) is 3.69. The van der Waals surface area contributed by atoms with Crippen LogP contribution < -0.4 is 11.5 Å². The molecule has 0 amide bonds. The number of hydrogen-bond acceptors (Lipinski definition) is 4. The molecule has 0 bridgehead atoms. The van der Waals surface area contributed by atoms with Crippen molar-refractivity contribution in [2.45, 2.75) is 37.8 Å². The normalized spacial score (nSPS) is 12.3. The average molecular weight is 528 g/mol. The molecule has 8 N–H and O–H groups in total. The number of nitrogens with one attached hydrogen (secondary N) is 2. The van der Waals surface area contributed by atoms with Gasteiger partial charge in [0.25, 0.3) is 11.9 Å². The van der Waals surface area contributed by atoms with Crippen molar-refractivity contribution in [3.8, 4) is 0 Å². The van der Waals surface area contributed by atoms with E-state index in [1.54, 1.807) is 0 Å². The molecule has 0 aromatic carbocycles. The van der Waals surface area contributed by atoms with Crippen LogP contribution in [-0.2, 0) is 26.1 Å². The Morgan fingerprint density at radius 2 is 1.19 bits per heavy atom. The average Bonchev–Trinajstić information content (AvgIpc) is 2.43. The van der Waals surface area contributed by atoms with E-state index in [4.69, 9.17) is 52.0 Å². The molecule has 0 heterocycles. The van der Waals surface area contributed by atoms with Crippen molar-refractivity contribution in [2.75, 3.05) is 13.1 Å². The summed E-state index contributed by atoms with van der Waals surface area (Å²) < 4.78 is 0. The largest absolute Gasteiger partial charge is 0.665 e. The molecule has 0 saturated heterocycles. The Kier molecular flexibility index (Phi) is 24.8. The van der Waals surface area contributed by atoms with Crippen molar-refractivity contribution >= 4 is 30.8 Å². The van der Waals surface area contributed by atoms with Crippen LogP contribution in [0.4, 0.5) is 0 Å². The van der Waals surface area contributed by atoms with Crippen LogP contribution in [0.15, 0.2) is 0 Å². The minimum atomic E-state index is -1.07. The molecule has 0 aliphatic carbocycles. The van der Waals surface area contributed by atoms with Crippen LogP contribution >= 0.6 is 18.8 Å². The van der Waals surface area contributed by atoms with Gasteiger partial charge in [-0.3, -0.25) is 9.59 Å². The number of hydrogen-bond donors (Lipinski definition) is 4. The molecule has 21 heavy (non-hydrogen) atoms. The fraction of sp³-hybridized carbons (Fsp3) is 0.800. The zero-order valence-electron chi connectivity index (χ0n) is 11.3. The topological polar surface area (TPSA) is 174 Å². The van der Waals surface area contributed by atoms with E-state index >= 15 is 0 Å². The molecule has 0 saturated carbocycles. The predicted octanol–water partition coefficient (Wildman–Crippen LogP) is 1.84. The summed E-state index contributed by atoms with van der Waals surface area (Å²) in [5, 5.41) is 16.4. The van der Waals surface area contributed by atoms with Crippen molar-refractivity contribution in [1.29, 1.82) is 0 Å². The second-order valence-corrected chi connectivity index (χ2v) is 6.97. The first-order chi connectivity index (χ1) is 9.78. The van der Waals surface area contributed by atoms with Crippen LogP contribution in [0.25, 0.3) is 11.5 Å². The van der Waals surface area contributed by atoms with Gasteiger partial charge in [0.2, 0.25) is 0 Å². The van der Waals surface area contributed by atoms with Crippen molar-refractivity contribution in [1.82, 2.24) is 0 Å². The number of carboxylic acids is 2. The Labute approximate surface area is 140 Å². The summed E-state index contributed by atoms with van der Waals surface area (Å²) in [7, 11) is 9.75. The molecule has 2 atom stereocenters. The third kappa shape index (κ3) is 25.4. The first kappa shape index (κ1) is 26.0. The van der Waals surface area contributed by atoms with Crippen LogP contribution in [0.2, 0.25) is 0 Å². The molecule has 130 valence electrons. The van der Waals surface area contributed by atoms with Crippen LogP contribution in [-0.4, -0.2) is 47.3 Å². The predicted molar refractivity (Wildman–Crippen MR) is 79.8 cm³/mol. The molecular formula is C10H22Cl2N4O4Pt. The van der Waals surface area contributed by atoms with E-state index in [1.807, 2.05) is 0 Å². The zero-order chi connectivity index (χ0) is 17.3. The number of carbonyl (C=O) groups is 2. The van der Waals surface area contributed by atoms with Gasteiger partial charge in [0.1, 0.15) is 0 Å². The van der Waals surface area contributed by atoms with Crippen LogP contribution in [0.5, 0.6) is 0 Å². The second kappa shape index (κ2) is 20.0. The maximum Gasteiger partial charge on any atom is 0.285 e. The van der Waals surface area contributed by atoms with Gasteiger partial charge in [-0.05, 0) is 38.0 Å². The van der Waals surface area contributed by atoms with E-state index in [-0.39, 0.29) is 0 Å². The smallest absolute Gasteiger partial charge is 0.285 e. The molecule has 11 heteroatoms. The summed E-state index contributed by atoms with van der Waals surface area (Å²) in [5.41, 5.74) is 24.0. The van der Waals surface area contributed by atoms with E-state index in [9.17, 15) is 9.59 Å². The van der Waals surface area contributed by atoms with Crippen LogP contribution in [0.3, 0.4) is 0 Å². The molecule has 0 aliphatic heterocycles. The van der Waals surface area contributed by atoms with Gasteiger partial charge in [0.05, 0.1) is 0 Å².